The lowest BCUT2D eigenvalue weighted by Crippen LogP contribution is -2.43. The quantitative estimate of drug-likeness (QED) is 0.367. The molecule has 10 heteroatoms. The third-order valence-corrected chi connectivity index (χ3v) is 7.12. The lowest BCUT2D eigenvalue weighted by Gasteiger charge is -2.37. The van der Waals surface area contributed by atoms with Gasteiger partial charge < -0.3 is 30.1 Å². The number of aliphatic hydroxyl groups excluding tert-OH is 1. The van der Waals surface area contributed by atoms with Gasteiger partial charge in [-0.25, -0.2) is 4.79 Å². The molecule has 1 fully saturated rings. The number of methoxy groups -OCH3 is 1. The van der Waals surface area contributed by atoms with Crippen molar-refractivity contribution in [2.75, 3.05) is 27.2 Å². The largest absolute Gasteiger partial charge is 0.439 e. The van der Waals surface area contributed by atoms with Gasteiger partial charge in [0.05, 0.1) is 17.5 Å². The Bertz CT molecular complexity index is 1130. The van der Waals surface area contributed by atoms with E-state index >= 15 is 0 Å². The van der Waals surface area contributed by atoms with Gasteiger partial charge in [-0.1, -0.05) is 30.7 Å². The van der Waals surface area contributed by atoms with Crippen LogP contribution in [0, 0.1) is 0 Å². The first kappa shape index (κ1) is 30.0. The van der Waals surface area contributed by atoms with Gasteiger partial charge in [0.1, 0.15) is 6.10 Å². The summed E-state index contributed by atoms with van der Waals surface area (Å²) < 4.78 is 11.1. The highest BCUT2D eigenvalue weighted by molar-refractivity contribution is 6.23. The normalized spacial score (nSPS) is 29.3. The first-order chi connectivity index (χ1) is 18.7. The molecule has 0 radical (unpaired) electrons. The molecule has 212 valence electrons. The van der Waals surface area contributed by atoms with Gasteiger partial charge in [-0.3, -0.25) is 14.4 Å². The van der Waals surface area contributed by atoms with Crippen LogP contribution in [0.4, 0.5) is 4.79 Å². The number of amides is 2. The maximum atomic E-state index is 13.4. The van der Waals surface area contributed by atoms with Gasteiger partial charge in [0, 0.05) is 44.5 Å². The SMILES string of the molecule is CNC(=O)OC1/C(C)=C/CC(O)CCCCC2=C(N3CCC3)C(=O)C=C(NC(=O)/C(C)=C/C=C\[C@@H]1OC)C2=O. The van der Waals surface area contributed by atoms with Crippen LogP contribution < -0.4 is 10.6 Å². The second-order valence-corrected chi connectivity index (χ2v) is 9.97. The van der Waals surface area contributed by atoms with Gasteiger partial charge >= 0.3 is 6.09 Å². The van der Waals surface area contributed by atoms with Crippen LogP contribution in [0.25, 0.3) is 0 Å². The number of aliphatic hydroxyl groups is 1. The van der Waals surface area contributed by atoms with E-state index in [0.717, 1.165) is 19.5 Å². The molecule has 3 aliphatic rings. The van der Waals surface area contributed by atoms with Gasteiger partial charge in [0.15, 0.2) is 6.10 Å². The summed E-state index contributed by atoms with van der Waals surface area (Å²) in [5.41, 5.74) is 1.82. The number of fused-ring (bicyclic) bond motifs is 2. The molecule has 2 heterocycles. The minimum atomic E-state index is -0.761. The number of carbonyl (C=O) groups is 4. The highest BCUT2D eigenvalue weighted by atomic mass is 16.6. The average molecular weight is 542 g/mol. The van der Waals surface area contributed by atoms with Gasteiger partial charge in [0.25, 0.3) is 5.91 Å². The number of nitrogens with zero attached hydrogens (tertiary/aromatic N) is 1. The molecule has 0 aromatic heterocycles. The van der Waals surface area contributed by atoms with Crippen molar-refractivity contribution in [1.29, 1.82) is 0 Å². The molecule has 10 nitrogen and oxygen atoms in total. The van der Waals surface area contributed by atoms with Crippen molar-refractivity contribution >= 4 is 23.6 Å². The number of alkyl carbamates (subject to hydrolysis) is 1. The first-order valence-corrected chi connectivity index (χ1v) is 13.4. The number of ketones is 2. The van der Waals surface area contributed by atoms with Crippen LogP contribution >= 0.6 is 0 Å². The molecule has 39 heavy (non-hydrogen) atoms. The second kappa shape index (κ2) is 14.0. The summed E-state index contributed by atoms with van der Waals surface area (Å²) in [7, 11) is 2.94. The molecule has 1 saturated heterocycles. The molecule has 0 aromatic carbocycles. The summed E-state index contributed by atoms with van der Waals surface area (Å²) in [5, 5.41) is 15.6. The van der Waals surface area contributed by atoms with Crippen molar-refractivity contribution in [3.8, 4) is 0 Å². The summed E-state index contributed by atoms with van der Waals surface area (Å²) in [5.74, 6) is -1.14. The van der Waals surface area contributed by atoms with Gasteiger partial charge in [-0.05, 0) is 51.5 Å². The summed E-state index contributed by atoms with van der Waals surface area (Å²) in [6.45, 7) is 4.84. The number of rotatable bonds is 3. The van der Waals surface area contributed by atoms with Crippen molar-refractivity contribution < 1.29 is 33.8 Å². The summed E-state index contributed by atoms with van der Waals surface area (Å²) in [6.07, 6.45) is 8.58. The Morgan fingerprint density at radius 2 is 1.90 bits per heavy atom. The van der Waals surface area contributed by atoms with Crippen LogP contribution in [0.1, 0.15) is 52.4 Å². The van der Waals surface area contributed by atoms with E-state index in [4.69, 9.17) is 9.47 Å². The van der Waals surface area contributed by atoms with Crippen LogP contribution in [-0.4, -0.2) is 79.1 Å². The maximum absolute atomic E-state index is 13.4. The molecule has 1 aliphatic carbocycles. The molecular weight excluding hydrogens is 502 g/mol. The number of Topliss-reactive ketones (excluding diaryl/α,β-unsaturated/α-hetero) is 1. The highest BCUT2D eigenvalue weighted by Crippen LogP contribution is 2.29. The fourth-order valence-corrected chi connectivity index (χ4v) is 4.64. The molecule has 0 saturated carbocycles. The van der Waals surface area contributed by atoms with Crippen LogP contribution in [-0.2, 0) is 23.9 Å². The number of allylic oxidation sites excluding steroid dienone is 4. The van der Waals surface area contributed by atoms with E-state index in [1.165, 1.54) is 20.2 Å². The van der Waals surface area contributed by atoms with E-state index in [1.807, 2.05) is 11.0 Å². The third kappa shape index (κ3) is 7.77. The van der Waals surface area contributed by atoms with Crippen LogP contribution in [0.15, 0.2) is 58.5 Å². The number of nitrogens with one attached hydrogen (secondary N) is 2. The molecular formula is C29H39N3O7. The molecule has 2 unspecified atom stereocenters. The zero-order valence-corrected chi connectivity index (χ0v) is 23.1. The fourth-order valence-electron chi connectivity index (χ4n) is 4.64. The fraction of sp³-hybridized carbons (Fsp3) is 0.517. The molecule has 2 aliphatic heterocycles. The Kier molecular flexibility index (Phi) is 10.8. The van der Waals surface area contributed by atoms with Crippen molar-refractivity contribution in [3.05, 3.63) is 58.5 Å². The summed E-state index contributed by atoms with van der Waals surface area (Å²) in [4.78, 5) is 53.2. The van der Waals surface area contributed by atoms with Crippen molar-refractivity contribution in [2.45, 2.75) is 70.7 Å². The average Bonchev–Trinajstić information content (AvgIpc) is 2.88. The Morgan fingerprint density at radius 1 is 1.15 bits per heavy atom. The van der Waals surface area contributed by atoms with Crippen molar-refractivity contribution in [2.24, 2.45) is 0 Å². The Morgan fingerprint density at radius 3 is 2.54 bits per heavy atom. The minimum Gasteiger partial charge on any atom is -0.439 e. The molecule has 2 bridgehead atoms. The smallest absolute Gasteiger partial charge is 0.407 e. The van der Waals surface area contributed by atoms with E-state index in [1.54, 1.807) is 32.1 Å². The number of ether oxygens (including phenoxy) is 2. The van der Waals surface area contributed by atoms with Gasteiger partial charge in [-0.15, -0.1) is 0 Å². The predicted molar refractivity (Wildman–Crippen MR) is 145 cm³/mol. The van der Waals surface area contributed by atoms with E-state index in [2.05, 4.69) is 10.6 Å². The minimum absolute atomic E-state index is 0.0346. The maximum Gasteiger partial charge on any atom is 0.407 e. The van der Waals surface area contributed by atoms with Crippen molar-refractivity contribution in [3.63, 3.8) is 0 Å². The van der Waals surface area contributed by atoms with Crippen LogP contribution in [0.5, 0.6) is 0 Å². The second-order valence-electron chi connectivity index (χ2n) is 9.97. The lowest BCUT2D eigenvalue weighted by molar-refractivity contribution is -0.120. The van der Waals surface area contributed by atoms with E-state index < -0.39 is 30.3 Å². The Labute approximate surface area is 229 Å². The number of hydrogen-bond acceptors (Lipinski definition) is 8. The third-order valence-electron chi connectivity index (χ3n) is 7.12. The number of carbonyl (C=O) groups excluding carboxylic acids is 4. The van der Waals surface area contributed by atoms with Crippen LogP contribution in [0.2, 0.25) is 0 Å². The topological polar surface area (TPSA) is 134 Å². The predicted octanol–water partition coefficient (Wildman–Crippen LogP) is 2.61. The van der Waals surface area contributed by atoms with E-state index in [-0.39, 0.29) is 17.3 Å². The summed E-state index contributed by atoms with van der Waals surface area (Å²) in [6, 6.07) is 0. The number of hydrogen-bond donors (Lipinski definition) is 3. The summed E-state index contributed by atoms with van der Waals surface area (Å²) >= 11 is 0. The molecule has 3 N–H and O–H groups in total. The Balaban J connectivity index is 1.92. The lowest BCUT2D eigenvalue weighted by atomic mass is 9.90. The van der Waals surface area contributed by atoms with E-state index in [9.17, 15) is 24.3 Å². The number of likely N-dealkylation sites (tertiary alicyclic amines) is 1. The first-order valence-electron chi connectivity index (χ1n) is 13.4. The highest BCUT2D eigenvalue weighted by Gasteiger charge is 2.34. The zero-order chi connectivity index (χ0) is 28.5. The zero-order valence-electron chi connectivity index (χ0n) is 23.1. The van der Waals surface area contributed by atoms with Gasteiger partial charge in [0.2, 0.25) is 11.6 Å². The standard InChI is InChI=1S/C29H39N3O7/c1-18-13-14-20(33)10-5-6-11-21-25(32-15-8-16-32)23(34)17-22(26(21)35)31-28(36)19(2)9-7-12-24(38-4)27(18)39-29(37)30-3/h7,9,12-13,17,20,24,27,33H,5-6,8,10-11,14-16H2,1-4H3,(H,30,37)(H,31,36)/b12-7-,18-13+,19-9+/t20?,24-,27?/m0/s1. The van der Waals surface area contributed by atoms with Gasteiger partial charge in [-0.2, -0.15) is 0 Å². The van der Waals surface area contributed by atoms with Crippen molar-refractivity contribution in [1.82, 2.24) is 15.5 Å². The van der Waals surface area contributed by atoms with E-state index in [0.29, 0.717) is 54.5 Å². The monoisotopic (exact) mass is 541 g/mol. The Hall–Kier alpha value is -3.50. The molecule has 0 aromatic rings. The molecule has 3 rings (SSSR count). The molecule has 0 spiro atoms. The molecule has 3 atom stereocenters. The molecule has 2 amide bonds. The van der Waals surface area contributed by atoms with Crippen LogP contribution in [0.3, 0.4) is 0 Å².